The summed E-state index contributed by atoms with van der Waals surface area (Å²) in [7, 11) is 0. The number of fused-ring (bicyclic) bond motifs is 3. The van der Waals surface area contributed by atoms with E-state index < -0.39 is 0 Å². The largest absolute Gasteiger partial charge is 0.305 e. The lowest BCUT2D eigenvalue weighted by atomic mass is 9.82. The van der Waals surface area contributed by atoms with Crippen molar-refractivity contribution in [3.05, 3.63) is 69.2 Å². The molecule has 2 heterocycles. The Morgan fingerprint density at radius 3 is 2.57 bits per heavy atom. The Labute approximate surface area is 187 Å². The van der Waals surface area contributed by atoms with Gasteiger partial charge < -0.3 is 4.57 Å². The number of aryl methyl sites for hydroxylation is 2. The fourth-order valence-electron chi connectivity index (χ4n) is 4.94. The molecule has 1 aromatic heterocycles. The molecular formula is C25H26N2OS2. The third-order valence-corrected chi connectivity index (χ3v) is 7.90. The van der Waals surface area contributed by atoms with Gasteiger partial charge in [-0.15, -0.1) is 11.3 Å². The van der Waals surface area contributed by atoms with Gasteiger partial charge in [-0.25, -0.2) is 0 Å². The van der Waals surface area contributed by atoms with Gasteiger partial charge in [-0.2, -0.15) is 0 Å². The van der Waals surface area contributed by atoms with E-state index in [9.17, 15) is 4.79 Å². The van der Waals surface area contributed by atoms with Crippen molar-refractivity contribution in [1.29, 1.82) is 0 Å². The Bertz CT molecular complexity index is 1160. The maximum atomic E-state index is 13.7. The number of hydrogen-bond acceptors (Lipinski definition) is 3. The molecule has 2 atom stereocenters. The van der Waals surface area contributed by atoms with Crippen LogP contribution >= 0.6 is 23.6 Å². The summed E-state index contributed by atoms with van der Waals surface area (Å²) in [4.78, 5) is 16.9. The topological polar surface area (TPSA) is 25.2 Å². The average molecular weight is 435 g/mol. The summed E-state index contributed by atoms with van der Waals surface area (Å²) in [5, 5.41) is 0. The van der Waals surface area contributed by atoms with Crippen LogP contribution in [-0.4, -0.2) is 10.5 Å². The molecule has 3 nitrogen and oxygen atoms in total. The molecule has 0 spiro atoms. The zero-order valence-electron chi connectivity index (χ0n) is 17.4. The number of thiazole rings is 1. The van der Waals surface area contributed by atoms with Crippen molar-refractivity contribution < 1.29 is 4.79 Å². The quantitative estimate of drug-likeness (QED) is 0.422. The van der Waals surface area contributed by atoms with E-state index in [0.717, 1.165) is 45.0 Å². The lowest BCUT2D eigenvalue weighted by molar-refractivity contribution is -0.126. The predicted molar refractivity (Wildman–Crippen MR) is 127 cm³/mol. The van der Waals surface area contributed by atoms with Crippen molar-refractivity contribution >= 4 is 35.3 Å². The minimum Gasteiger partial charge on any atom is -0.305 e. The molecule has 0 N–H and O–H groups in total. The van der Waals surface area contributed by atoms with E-state index in [1.165, 1.54) is 17.5 Å². The Morgan fingerprint density at radius 1 is 1.03 bits per heavy atom. The molecule has 0 saturated heterocycles. The first-order valence-corrected chi connectivity index (χ1v) is 11.9. The Kier molecular flexibility index (Phi) is 5.11. The first-order chi connectivity index (χ1) is 14.5. The maximum Gasteiger partial charge on any atom is 0.233 e. The number of anilines is 1. The van der Waals surface area contributed by atoms with Crippen LogP contribution in [0.25, 0.3) is 10.4 Å². The van der Waals surface area contributed by atoms with E-state index in [1.807, 2.05) is 4.90 Å². The van der Waals surface area contributed by atoms with Crippen molar-refractivity contribution in [3.8, 4) is 10.4 Å². The summed E-state index contributed by atoms with van der Waals surface area (Å²) >= 11 is 7.53. The van der Waals surface area contributed by atoms with E-state index in [0.29, 0.717) is 6.54 Å². The fraction of sp³-hybridized carbons (Fsp3) is 0.360. The van der Waals surface area contributed by atoms with Crippen LogP contribution in [0.3, 0.4) is 0 Å². The van der Waals surface area contributed by atoms with Crippen molar-refractivity contribution in [2.24, 2.45) is 5.92 Å². The number of hydrogen-bond donors (Lipinski definition) is 0. The van der Waals surface area contributed by atoms with Crippen molar-refractivity contribution in [3.63, 3.8) is 0 Å². The van der Waals surface area contributed by atoms with E-state index in [1.54, 1.807) is 11.3 Å². The Hall–Kier alpha value is -2.24. The Balaban J connectivity index is 1.68. The number of aromatic nitrogens is 1. The highest BCUT2D eigenvalue weighted by Gasteiger charge is 2.43. The molecule has 2 aliphatic rings. The number of benzene rings is 2. The maximum absolute atomic E-state index is 13.7. The molecule has 1 aliphatic heterocycles. The molecule has 1 aliphatic carbocycles. The third kappa shape index (κ3) is 3.34. The zero-order chi connectivity index (χ0) is 20.8. The van der Waals surface area contributed by atoms with Gasteiger partial charge in [0.1, 0.15) is 5.82 Å². The van der Waals surface area contributed by atoms with Gasteiger partial charge in [-0.3, -0.25) is 9.69 Å². The van der Waals surface area contributed by atoms with Gasteiger partial charge in [0.2, 0.25) is 5.91 Å². The number of amides is 1. The molecule has 0 bridgehead atoms. The molecule has 5 rings (SSSR count). The Morgan fingerprint density at radius 2 is 1.80 bits per heavy atom. The normalized spacial score (nSPS) is 20.7. The minimum atomic E-state index is 0.0448. The molecule has 1 saturated carbocycles. The van der Waals surface area contributed by atoms with Gasteiger partial charge in [0.25, 0.3) is 0 Å². The summed E-state index contributed by atoms with van der Waals surface area (Å²) in [6.45, 7) is 4.79. The highest BCUT2D eigenvalue weighted by molar-refractivity contribution is 7.73. The van der Waals surface area contributed by atoms with Gasteiger partial charge in [0.15, 0.2) is 3.95 Å². The summed E-state index contributed by atoms with van der Waals surface area (Å²) in [6, 6.07) is 17.2. The van der Waals surface area contributed by atoms with Crippen LogP contribution in [0.5, 0.6) is 0 Å². The molecule has 5 heteroatoms. The van der Waals surface area contributed by atoms with Crippen molar-refractivity contribution in [1.82, 2.24) is 4.57 Å². The van der Waals surface area contributed by atoms with Crippen LogP contribution in [-0.2, 0) is 11.3 Å². The zero-order valence-corrected chi connectivity index (χ0v) is 19.1. The lowest BCUT2D eigenvalue weighted by Crippen LogP contribution is -2.46. The van der Waals surface area contributed by atoms with Crippen molar-refractivity contribution in [2.45, 2.75) is 52.1 Å². The van der Waals surface area contributed by atoms with Crippen LogP contribution in [0.1, 0.15) is 48.4 Å². The summed E-state index contributed by atoms with van der Waals surface area (Å²) < 4.78 is 3.21. The fourth-order valence-corrected chi connectivity index (χ4v) is 6.45. The van der Waals surface area contributed by atoms with Gasteiger partial charge in [0, 0.05) is 6.04 Å². The molecule has 2 aromatic carbocycles. The molecule has 3 aromatic rings. The number of rotatable bonds is 3. The number of carbonyl (C=O) groups excluding carboxylic acids is 1. The van der Waals surface area contributed by atoms with Gasteiger partial charge in [-0.1, -0.05) is 72.5 Å². The second kappa shape index (κ2) is 7.78. The molecule has 154 valence electrons. The predicted octanol–water partition coefficient (Wildman–Crippen LogP) is 6.84. The van der Waals surface area contributed by atoms with Crippen LogP contribution < -0.4 is 4.90 Å². The second-order valence-corrected chi connectivity index (χ2v) is 10.3. The molecular weight excluding hydrogens is 408 g/mol. The van der Waals surface area contributed by atoms with Crippen LogP contribution in [0.4, 0.5) is 5.82 Å². The van der Waals surface area contributed by atoms with Gasteiger partial charge in [0.05, 0.1) is 17.3 Å². The summed E-state index contributed by atoms with van der Waals surface area (Å²) in [5.74, 6) is 1.31. The SMILES string of the molecule is Cc1ccc(CN2C(=O)C3CCCCC3n3c2c(-c2cccc(C)c2)sc3=S)cc1. The standard InChI is InChI=1S/C25H26N2OS2/c1-16-10-12-18(13-11-16)15-26-23-22(19-7-5-6-17(2)14-19)30-25(29)27(23)21-9-4-3-8-20(21)24(26)28/h5-7,10-14,20-21H,3-4,8-9,15H2,1-2H3. The van der Waals surface area contributed by atoms with E-state index in [2.05, 4.69) is 66.9 Å². The smallest absolute Gasteiger partial charge is 0.233 e. The summed E-state index contributed by atoms with van der Waals surface area (Å²) in [6.07, 6.45) is 4.30. The van der Waals surface area contributed by atoms with Gasteiger partial charge >= 0.3 is 0 Å². The molecule has 1 amide bonds. The molecule has 30 heavy (non-hydrogen) atoms. The average Bonchev–Trinajstić information content (AvgIpc) is 3.10. The highest BCUT2D eigenvalue weighted by atomic mass is 32.1. The van der Waals surface area contributed by atoms with E-state index in [4.69, 9.17) is 12.2 Å². The first kappa shape index (κ1) is 19.7. The highest BCUT2D eigenvalue weighted by Crippen LogP contribution is 2.49. The lowest BCUT2D eigenvalue weighted by Gasteiger charge is -2.42. The number of nitrogens with zero attached hydrogens (tertiary/aromatic N) is 2. The van der Waals surface area contributed by atoms with Crippen LogP contribution in [0.15, 0.2) is 48.5 Å². The first-order valence-electron chi connectivity index (χ1n) is 10.7. The van der Waals surface area contributed by atoms with Crippen LogP contribution in [0.2, 0.25) is 0 Å². The van der Waals surface area contributed by atoms with E-state index >= 15 is 0 Å². The molecule has 0 radical (unpaired) electrons. The van der Waals surface area contributed by atoms with Crippen LogP contribution in [0, 0.1) is 23.7 Å². The third-order valence-electron chi connectivity index (χ3n) is 6.46. The minimum absolute atomic E-state index is 0.0448. The molecule has 2 unspecified atom stereocenters. The number of carbonyl (C=O) groups is 1. The molecule has 1 fully saturated rings. The van der Waals surface area contributed by atoms with Gasteiger partial charge in [-0.05, 0) is 50.0 Å². The second-order valence-electron chi connectivity index (χ2n) is 8.63. The van der Waals surface area contributed by atoms with E-state index in [-0.39, 0.29) is 17.9 Å². The van der Waals surface area contributed by atoms with Crippen molar-refractivity contribution in [2.75, 3.05) is 4.90 Å². The monoisotopic (exact) mass is 434 g/mol. The summed E-state index contributed by atoms with van der Waals surface area (Å²) in [5.41, 5.74) is 4.75.